The van der Waals surface area contributed by atoms with E-state index in [0.29, 0.717) is 6.54 Å². The van der Waals surface area contributed by atoms with Crippen LogP contribution in [0.2, 0.25) is 0 Å². The van der Waals surface area contributed by atoms with E-state index in [2.05, 4.69) is 4.98 Å². The summed E-state index contributed by atoms with van der Waals surface area (Å²) in [7, 11) is -4.02. The zero-order chi connectivity index (χ0) is 18.0. The molecule has 2 N–H and O–H groups in total. The second-order valence-electron chi connectivity index (χ2n) is 5.98. The lowest BCUT2D eigenvalue weighted by Crippen LogP contribution is -2.39. The van der Waals surface area contributed by atoms with E-state index in [1.54, 1.807) is 23.4 Å². The van der Waals surface area contributed by atoms with Crippen molar-refractivity contribution in [3.8, 4) is 0 Å². The van der Waals surface area contributed by atoms with Crippen LogP contribution in [0.15, 0.2) is 47.6 Å². The molecule has 1 aliphatic heterocycles. The molecule has 132 valence electrons. The highest BCUT2D eigenvalue weighted by Crippen LogP contribution is 2.32. The fraction of sp³-hybridized carbons (Fsp3) is 0.294. The number of benzene rings is 1. The number of nitrogens with two attached hydrogens (primary N) is 1. The van der Waals surface area contributed by atoms with Gasteiger partial charge in [0.05, 0.1) is 16.5 Å². The topological polar surface area (TPSA) is 93.4 Å². The number of nitrogens with zero attached hydrogens (tertiary/aromatic N) is 2. The number of sulfonamides is 1. The first-order valence-electron chi connectivity index (χ1n) is 7.91. The fourth-order valence-corrected chi connectivity index (χ4v) is 3.63. The number of rotatable bonds is 3. The lowest BCUT2D eigenvalue weighted by atomic mass is 9.95. The van der Waals surface area contributed by atoms with Crippen molar-refractivity contribution in [2.75, 3.05) is 6.54 Å². The highest BCUT2D eigenvalue weighted by Gasteiger charge is 2.30. The highest BCUT2D eigenvalue weighted by atomic mass is 32.2. The van der Waals surface area contributed by atoms with Gasteiger partial charge in [-0.1, -0.05) is 6.07 Å². The average molecular weight is 363 g/mol. The molecule has 1 aliphatic rings. The molecule has 0 bridgehead atoms. The molecule has 25 heavy (non-hydrogen) atoms. The summed E-state index contributed by atoms with van der Waals surface area (Å²) in [5.41, 5.74) is 0.584. The average Bonchev–Trinajstić information content (AvgIpc) is 2.61. The number of pyridine rings is 1. The molecule has 0 radical (unpaired) electrons. The Kier molecular flexibility index (Phi) is 4.82. The van der Waals surface area contributed by atoms with E-state index in [9.17, 15) is 17.6 Å². The summed E-state index contributed by atoms with van der Waals surface area (Å²) in [6.45, 7) is 0.470. The van der Waals surface area contributed by atoms with Crippen LogP contribution in [0.5, 0.6) is 0 Å². The van der Waals surface area contributed by atoms with E-state index >= 15 is 0 Å². The number of hydrogen-bond donors (Lipinski definition) is 1. The Morgan fingerprint density at radius 1 is 1.28 bits per heavy atom. The fourth-order valence-electron chi connectivity index (χ4n) is 3.09. The number of carbonyl (C=O) groups is 1. The van der Waals surface area contributed by atoms with Gasteiger partial charge in [0.2, 0.25) is 10.0 Å². The number of carbonyl (C=O) groups excluding carboxylic acids is 1. The van der Waals surface area contributed by atoms with E-state index < -0.39 is 21.7 Å². The van der Waals surface area contributed by atoms with Crippen LogP contribution >= 0.6 is 0 Å². The van der Waals surface area contributed by atoms with Crippen LogP contribution in [0.4, 0.5) is 4.39 Å². The maximum atomic E-state index is 14.2. The van der Waals surface area contributed by atoms with Gasteiger partial charge in [0.1, 0.15) is 5.82 Å². The summed E-state index contributed by atoms with van der Waals surface area (Å²) >= 11 is 0. The van der Waals surface area contributed by atoms with E-state index in [0.717, 1.165) is 43.0 Å². The van der Waals surface area contributed by atoms with Gasteiger partial charge in [-0.2, -0.15) is 0 Å². The number of hydrogen-bond acceptors (Lipinski definition) is 4. The van der Waals surface area contributed by atoms with Crippen molar-refractivity contribution in [3.05, 3.63) is 59.7 Å². The number of primary sulfonamides is 1. The Morgan fingerprint density at radius 3 is 2.76 bits per heavy atom. The van der Waals surface area contributed by atoms with Crippen LogP contribution in [0.3, 0.4) is 0 Å². The summed E-state index contributed by atoms with van der Waals surface area (Å²) in [6, 6.07) is 6.45. The molecule has 2 heterocycles. The van der Waals surface area contributed by atoms with Crippen molar-refractivity contribution in [1.82, 2.24) is 9.88 Å². The molecule has 1 saturated heterocycles. The molecule has 0 spiro atoms. The van der Waals surface area contributed by atoms with E-state index in [1.807, 2.05) is 6.07 Å². The predicted octanol–water partition coefficient (Wildman–Crippen LogP) is 2.24. The van der Waals surface area contributed by atoms with Gasteiger partial charge in [-0.15, -0.1) is 0 Å². The Labute approximate surface area is 145 Å². The van der Waals surface area contributed by atoms with Gasteiger partial charge >= 0.3 is 0 Å². The summed E-state index contributed by atoms with van der Waals surface area (Å²) < 4.78 is 37.2. The molecule has 1 aromatic carbocycles. The summed E-state index contributed by atoms with van der Waals surface area (Å²) in [6.07, 6.45) is 5.83. The quantitative estimate of drug-likeness (QED) is 0.905. The number of piperidine rings is 1. The highest BCUT2D eigenvalue weighted by molar-refractivity contribution is 7.89. The third-order valence-corrected chi connectivity index (χ3v) is 5.24. The molecular weight excluding hydrogens is 345 g/mol. The largest absolute Gasteiger partial charge is 0.331 e. The van der Waals surface area contributed by atoms with Crippen molar-refractivity contribution in [2.45, 2.75) is 30.2 Å². The molecule has 1 atom stereocenters. The van der Waals surface area contributed by atoms with Crippen molar-refractivity contribution >= 4 is 15.9 Å². The number of halogens is 1. The van der Waals surface area contributed by atoms with E-state index in [1.165, 1.54) is 0 Å². The van der Waals surface area contributed by atoms with Gasteiger partial charge in [-0.25, -0.2) is 17.9 Å². The van der Waals surface area contributed by atoms with Crippen LogP contribution in [-0.2, 0) is 10.0 Å². The third-order valence-electron chi connectivity index (χ3n) is 4.33. The Balaban J connectivity index is 1.98. The van der Waals surface area contributed by atoms with Gasteiger partial charge in [-0.05, 0) is 49.1 Å². The third kappa shape index (κ3) is 3.69. The molecule has 0 aliphatic carbocycles. The molecule has 3 rings (SSSR count). The van der Waals surface area contributed by atoms with Gasteiger partial charge in [0.25, 0.3) is 5.91 Å². The van der Waals surface area contributed by atoms with Gasteiger partial charge in [-0.3, -0.25) is 9.78 Å². The molecular formula is C17H18FN3O3S. The van der Waals surface area contributed by atoms with Crippen molar-refractivity contribution in [2.24, 2.45) is 5.14 Å². The minimum atomic E-state index is -4.02. The van der Waals surface area contributed by atoms with Crippen LogP contribution in [0, 0.1) is 5.82 Å². The normalized spacial score (nSPS) is 18.2. The Bertz CT molecular complexity index is 887. The van der Waals surface area contributed by atoms with Crippen molar-refractivity contribution in [3.63, 3.8) is 0 Å². The zero-order valence-corrected chi connectivity index (χ0v) is 14.2. The molecule has 1 aromatic heterocycles. The SMILES string of the molecule is NS(=O)(=O)c1ccc(F)c(C(=O)N2CCCC[C@@H]2c2cccnc2)c1. The number of amides is 1. The van der Waals surface area contributed by atoms with Gasteiger partial charge < -0.3 is 4.90 Å². The molecule has 1 amide bonds. The van der Waals surface area contributed by atoms with Crippen molar-refractivity contribution in [1.29, 1.82) is 0 Å². The van der Waals surface area contributed by atoms with Gasteiger partial charge in [0.15, 0.2) is 0 Å². The van der Waals surface area contributed by atoms with Crippen LogP contribution in [0.25, 0.3) is 0 Å². The molecule has 0 saturated carbocycles. The first kappa shape index (κ1) is 17.5. The Morgan fingerprint density at radius 2 is 2.08 bits per heavy atom. The van der Waals surface area contributed by atoms with E-state index in [4.69, 9.17) is 5.14 Å². The first-order chi connectivity index (χ1) is 11.9. The maximum absolute atomic E-state index is 14.2. The van der Waals surface area contributed by atoms with Crippen LogP contribution in [0.1, 0.15) is 41.2 Å². The van der Waals surface area contributed by atoms with Crippen molar-refractivity contribution < 1.29 is 17.6 Å². The molecule has 8 heteroatoms. The minimum Gasteiger partial charge on any atom is -0.331 e. The molecule has 1 fully saturated rings. The first-order valence-corrected chi connectivity index (χ1v) is 9.46. The zero-order valence-electron chi connectivity index (χ0n) is 13.4. The van der Waals surface area contributed by atoms with Crippen LogP contribution in [-0.4, -0.2) is 30.8 Å². The summed E-state index contributed by atoms with van der Waals surface area (Å²) in [5.74, 6) is -1.32. The molecule has 6 nitrogen and oxygen atoms in total. The molecule has 2 aromatic rings. The van der Waals surface area contributed by atoms with Crippen LogP contribution < -0.4 is 5.14 Å². The number of aromatic nitrogens is 1. The second kappa shape index (κ2) is 6.89. The summed E-state index contributed by atoms with van der Waals surface area (Å²) in [5, 5.41) is 5.09. The lowest BCUT2D eigenvalue weighted by molar-refractivity contribution is 0.0606. The Hall–Kier alpha value is -2.32. The predicted molar refractivity (Wildman–Crippen MR) is 89.6 cm³/mol. The monoisotopic (exact) mass is 363 g/mol. The minimum absolute atomic E-state index is 0.215. The molecule has 0 unspecified atom stereocenters. The summed E-state index contributed by atoms with van der Waals surface area (Å²) in [4.78, 5) is 18.3. The number of likely N-dealkylation sites (tertiary alicyclic amines) is 1. The van der Waals surface area contributed by atoms with Gasteiger partial charge in [0, 0.05) is 18.9 Å². The smallest absolute Gasteiger partial charge is 0.257 e. The second-order valence-corrected chi connectivity index (χ2v) is 7.54. The lowest BCUT2D eigenvalue weighted by Gasteiger charge is -2.36. The standard InChI is InChI=1S/C17H18FN3O3S/c18-15-7-6-13(25(19,23)24)10-14(15)17(22)21-9-2-1-5-16(21)12-4-3-8-20-11-12/h3-4,6-8,10-11,16H,1-2,5,9H2,(H2,19,23,24)/t16-/m1/s1. The maximum Gasteiger partial charge on any atom is 0.257 e. The van der Waals surface area contributed by atoms with E-state index in [-0.39, 0.29) is 16.5 Å².